The Bertz CT molecular complexity index is 1140. The first-order chi connectivity index (χ1) is 15.0. The maximum atomic E-state index is 12.7. The van der Waals surface area contributed by atoms with Crippen LogP contribution in [0.4, 0.5) is 5.69 Å². The maximum Gasteiger partial charge on any atom is 0.359 e. The molecule has 0 unspecified atom stereocenters. The summed E-state index contributed by atoms with van der Waals surface area (Å²) in [7, 11) is 0. The van der Waals surface area contributed by atoms with E-state index in [1.807, 2.05) is 39.0 Å². The molecule has 0 fully saturated rings. The van der Waals surface area contributed by atoms with Crippen molar-refractivity contribution in [2.24, 2.45) is 0 Å². The zero-order chi connectivity index (χ0) is 22.4. The van der Waals surface area contributed by atoms with Gasteiger partial charge >= 0.3 is 5.97 Å². The Balaban J connectivity index is 1.80. The number of anilines is 1. The summed E-state index contributed by atoms with van der Waals surface area (Å²) in [4.78, 5) is 37.8. The van der Waals surface area contributed by atoms with E-state index in [2.05, 4.69) is 10.4 Å². The van der Waals surface area contributed by atoms with Gasteiger partial charge in [-0.3, -0.25) is 9.59 Å². The molecule has 1 aromatic heterocycles. The van der Waals surface area contributed by atoms with Crippen molar-refractivity contribution in [3.63, 3.8) is 0 Å². The molecular formula is C24H27N3O4. The summed E-state index contributed by atoms with van der Waals surface area (Å²) < 4.78 is 6.53. The molecule has 0 spiro atoms. The van der Waals surface area contributed by atoms with Crippen LogP contribution in [0.5, 0.6) is 0 Å². The number of fused-ring (bicyclic) bond motifs is 1. The van der Waals surface area contributed by atoms with Gasteiger partial charge in [0.15, 0.2) is 12.3 Å². The van der Waals surface area contributed by atoms with Crippen LogP contribution in [0.2, 0.25) is 0 Å². The third kappa shape index (κ3) is 4.82. The summed E-state index contributed by atoms with van der Waals surface area (Å²) in [6.45, 7) is 5.91. The number of benzene rings is 2. The zero-order valence-corrected chi connectivity index (χ0v) is 18.1. The van der Waals surface area contributed by atoms with Crippen LogP contribution in [0.15, 0.2) is 47.3 Å². The maximum absolute atomic E-state index is 12.7. The van der Waals surface area contributed by atoms with E-state index in [1.165, 1.54) is 4.68 Å². The van der Waals surface area contributed by atoms with Crippen molar-refractivity contribution in [2.75, 3.05) is 11.9 Å². The van der Waals surface area contributed by atoms with Crippen LogP contribution in [0.3, 0.4) is 0 Å². The molecule has 3 rings (SSSR count). The second-order valence-corrected chi connectivity index (χ2v) is 7.21. The highest BCUT2D eigenvalue weighted by molar-refractivity contribution is 6.03. The predicted octanol–water partition coefficient (Wildman–Crippen LogP) is 3.73. The lowest BCUT2D eigenvalue weighted by Crippen LogP contribution is -2.28. The number of esters is 1. The quantitative estimate of drug-likeness (QED) is 0.560. The molecule has 1 amide bonds. The van der Waals surface area contributed by atoms with E-state index in [-0.39, 0.29) is 11.3 Å². The van der Waals surface area contributed by atoms with E-state index in [4.69, 9.17) is 4.74 Å². The average molecular weight is 421 g/mol. The van der Waals surface area contributed by atoms with Gasteiger partial charge in [-0.2, -0.15) is 5.10 Å². The van der Waals surface area contributed by atoms with Crippen LogP contribution in [0, 0.1) is 0 Å². The van der Waals surface area contributed by atoms with Gasteiger partial charge in [0, 0.05) is 17.6 Å². The van der Waals surface area contributed by atoms with Gasteiger partial charge in [0.2, 0.25) is 0 Å². The van der Waals surface area contributed by atoms with E-state index in [1.54, 1.807) is 24.3 Å². The van der Waals surface area contributed by atoms with E-state index >= 15 is 0 Å². The SMILES string of the molecule is CCCn1nc(C(=O)OCC(=O)Nc2c(CC)cccc2CC)c2ccccc2c1=O. The molecule has 0 bridgehead atoms. The van der Waals surface area contributed by atoms with Gasteiger partial charge in [0.1, 0.15) is 0 Å². The minimum Gasteiger partial charge on any atom is -0.451 e. The normalized spacial score (nSPS) is 10.8. The van der Waals surface area contributed by atoms with Gasteiger partial charge in [-0.25, -0.2) is 9.48 Å². The number of hydrogen-bond donors (Lipinski definition) is 1. The number of rotatable bonds is 8. The molecule has 162 valence electrons. The number of hydrogen-bond acceptors (Lipinski definition) is 5. The number of carbonyl (C=O) groups excluding carboxylic acids is 2. The van der Waals surface area contributed by atoms with E-state index in [9.17, 15) is 14.4 Å². The van der Waals surface area contributed by atoms with Gasteiger partial charge in [-0.05, 0) is 36.5 Å². The number of carbonyl (C=O) groups is 2. The monoisotopic (exact) mass is 421 g/mol. The van der Waals surface area contributed by atoms with Gasteiger partial charge in [0.25, 0.3) is 11.5 Å². The Morgan fingerprint density at radius 3 is 2.23 bits per heavy atom. The highest BCUT2D eigenvalue weighted by Gasteiger charge is 2.19. The van der Waals surface area contributed by atoms with E-state index in [0.717, 1.165) is 29.7 Å². The van der Waals surface area contributed by atoms with Crippen LogP contribution in [-0.2, 0) is 28.9 Å². The fourth-order valence-corrected chi connectivity index (χ4v) is 3.53. The van der Waals surface area contributed by atoms with Crippen molar-refractivity contribution in [3.8, 4) is 0 Å². The summed E-state index contributed by atoms with van der Waals surface area (Å²) in [6.07, 6.45) is 2.25. The lowest BCUT2D eigenvalue weighted by molar-refractivity contribution is -0.119. The Morgan fingerprint density at radius 1 is 0.968 bits per heavy atom. The molecular weight excluding hydrogens is 394 g/mol. The van der Waals surface area contributed by atoms with E-state index in [0.29, 0.717) is 23.7 Å². The Hall–Kier alpha value is -3.48. The number of aryl methyl sites for hydroxylation is 3. The first-order valence-corrected chi connectivity index (χ1v) is 10.6. The lowest BCUT2D eigenvalue weighted by atomic mass is 10.0. The molecule has 7 nitrogen and oxygen atoms in total. The summed E-state index contributed by atoms with van der Waals surface area (Å²) >= 11 is 0. The Kier molecular flexibility index (Phi) is 7.18. The fourth-order valence-electron chi connectivity index (χ4n) is 3.53. The predicted molar refractivity (Wildman–Crippen MR) is 120 cm³/mol. The summed E-state index contributed by atoms with van der Waals surface area (Å²) in [5, 5.41) is 7.89. The zero-order valence-electron chi connectivity index (χ0n) is 18.1. The fraction of sp³-hybridized carbons (Fsp3) is 0.333. The average Bonchev–Trinajstić information content (AvgIpc) is 2.79. The van der Waals surface area contributed by atoms with Crippen molar-refractivity contribution in [3.05, 3.63) is 69.6 Å². The molecule has 1 N–H and O–H groups in total. The van der Waals surface area contributed by atoms with Crippen LogP contribution >= 0.6 is 0 Å². The second kappa shape index (κ2) is 10.0. The standard InChI is InChI=1S/C24H27N3O4/c1-4-14-27-23(29)19-13-8-7-12-18(19)22(26-27)24(30)31-15-20(28)25-21-16(5-2)10-9-11-17(21)6-3/h7-13H,4-6,14-15H2,1-3H3,(H,25,28). The Morgan fingerprint density at radius 2 is 1.61 bits per heavy atom. The molecule has 0 aliphatic rings. The van der Waals surface area contributed by atoms with Crippen molar-refractivity contribution in [1.82, 2.24) is 9.78 Å². The number of nitrogens with one attached hydrogen (secondary N) is 1. The lowest BCUT2D eigenvalue weighted by Gasteiger charge is -2.14. The van der Waals surface area contributed by atoms with Crippen molar-refractivity contribution >= 4 is 28.3 Å². The number of aromatic nitrogens is 2. The summed E-state index contributed by atoms with van der Waals surface area (Å²) in [5.74, 6) is -1.16. The van der Waals surface area contributed by atoms with Crippen LogP contribution in [0.25, 0.3) is 10.8 Å². The third-order valence-corrected chi connectivity index (χ3v) is 5.09. The van der Waals surface area contributed by atoms with E-state index < -0.39 is 18.5 Å². The summed E-state index contributed by atoms with van der Waals surface area (Å²) in [5.41, 5.74) is 2.60. The third-order valence-electron chi connectivity index (χ3n) is 5.09. The molecule has 0 aliphatic carbocycles. The van der Waals surface area contributed by atoms with Crippen LogP contribution < -0.4 is 10.9 Å². The molecule has 31 heavy (non-hydrogen) atoms. The first kappa shape index (κ1) is 22.2. The molecule has 0 aliphatic heterocycles. The highest BCUT2D eigenvalue weighted by Crippen LogP contribution is 2.22. The topological polar surface area (TPSA) is 90.3 Å². The second-order valence-electron chi connectivity index (χ2n) is 7.21. The largest absolute Gasteiger partial charge is 0.451 e. The Labute approximate surface area is 181 Å². The van der Waals surface area contributed by atoms with Gasteiger partial charge in [-0.15, -0.1) is 0 Å². The molecule has 0 atom stereocenters. The number of para-hydroxylation sites is 1. The van der Waals surface area contributed by atoms with Gasteiger partial charge < -0.3 is 10.1 Å². The molecule has 2 aromatic carbocycles. The van der Waals surface area contributed by atoms with Crippen LogP contribution in [-0.4, -0.2) is 28.3 Å². The van der Waals surface area contributed by atoms with Crippen molar-refractivity contribution in [1.29, 1.82) is 0 Å². The van der Waals surface area contributed by atoms with Crippen molar-refractivity contribution < 1.29 is 14.3 Å². The van der Waals surface area contributed by atoms with Gasteiger partial charge in [0.05, 0.1) is 5.39 Å². The van der Waals surface area contributed by atoms with Crippen molar-refractivity contribution in [2.45, 2.75) is 46.6 Å². The minimum atomic E-state index is -0.740. The summed E-state index contributed by atoms with van der Waals surface area (Å²) in [6, 6.07) is 12.7. The highest BCUT2D eigenvalue weighted by atomic mass is 16.5. The molecule has 0 saturated heterocycles. The number of amides is 1. The molecule has 1 heterocycles. The van der Waals surface area contributed by atoms with Gasteiger partial charge in [-0.1, -0.05) is 57.2 Å². The first-order valence-electron chi connectivity index (χ1n) is 10.6. The minimum absolute atomic E-state index is 0.0275. The smallest absolute Gasteiger partial charge is 0.359 e. The number of nitrogens with zero attached hydrogens (tertiary/aromatic N) is 2. The molecule has 0 saturated carbocycles. The molecule has 0 radical (unpaired) electrons. The van der Waals surface area contributed by atoms with Crippen LogP contribution in [0.1, 0.15) is 48.8 Å². The molecule has 7 heteroatoms. The molecule has 3 aromatic rings. The number of ether oxygens (including phenoxy) is 1.